The quantitative estimate of drug-likeness (QED) is 0.710. The molecule has 2 heterocycles. The maximum Gasteiger partial charge on any atom is 0.258 e. The first-order chi connectivity index (χ1) is 7.56. The van der Waals surface area contributed by atoms with Gasteiger partial charge in [0.25, 0.3) is 5.91 Å². The highest BCUT2D eigenvalue weighted by atomic mass is 19.1. The van der Waals surface area contributed by atoms with Gasteiger partial charge in [-0.25, -0.2) is 4.39 Å². The Bertz CT molecular complexity index is 456. The molecule has 0 bridgehead atoms. The summed E-state index contributed by atoms with van der Waals surface area (Å²) in [4.78, 5) is 19.5. The van der Waals surface area contributed by atoms with Crippen LogP contribution in [0.3, 0.4) is 0 Å². The predicted molar refractivity (Wildman–Crippen MR) is 56.2 cm³/mol. The number of carbonyl (C=O) groups is 1. The second-order valence-corrected chi connectivity index (χ2v) is 3.64. The van der Waals surface area contributed by atoms with E-state index in [0.717, 1.165) is 6.20 Å². The van der Waals surface area contributed by atoms with Gasteiger partial charge in [0.1, 0.15) is 5.82 Å². The summed E-state index contributed by atoms with van der Waals surface area (Å²) in [6.45, 7) is 1.67. The number of hydrogen-bond donors (Lipinski definition) is 2. The molecule has 0 saturated carbocycles. The van der Waals surface area contributed by atoms with Crippen LogP contribution in [-0.2, 0) is 10.3 Å². The van der Waals surface area contributed by atoms with Crippen LogP contribution in [0.15, 0.2) is 23.3 Å². The first-order valence-electron chi connectivity index (χ1n) is 4.75. The molecular weight excluding hydrogens is 211 g/mol. The van der Waals surface area contributed by atoms with E-state index < -0.39 is 11.4 Å². The Kier molecular flexibility index (Phi) is 2.34. The normalized spacial score (nSPS) is 26.7. The van der Waals surface area contributed by atoms with Gasteiger partial charge in [-0.2, -0.15) is 0 Å². The monoisotopic (exact) mass is 222 g/mol. The second-order valence-electron chi connectivity index (χ2n) is 3.64. The Labute approximate surface area is 91.8 Å². The molecule has 1 unspecified atom stereocenters. The van der Waals surface area contributed by atoms with E-state index >= 15 is 0 Å². The molecule has 84 valence electrons. The number of guanidine groups is 1. The van der Waals surface area contributed by atoms with Crippen molar-refractivity contribution in [3.8, 4) is 0 Å². The maximum absolute atomic E-state index is 12.7. The average molecular weight is 222 g/mol. The van der Waals surface area contributed by atoms with Gasteiger partial charge in [-0.1, -0.05) is 0 Å². The lowest BCUT2D eigenvalue weighted by molar-refractivity contribution is -0.123. The van der Waals surface area contributed by atoms with Crippen LogP contribution in [0.1, 0.15) is 12.6 Å². The van der Waals surface area contributed by atoms with E-state index in [-0.39, 0.29) is 5.91 Å². The molecule has 5 nitrogen and oxygen atoms in total. The molecule has 6 heteroatoms. The molecule has 0 radical (unpaired) electrons. The van der Waals surface area contributed by atoms with Crippen molar-refractivity contribution in [1.82, 2.24) is 15.6 Å². The minimum absolute atomic E-state index is 0.257. The lowest BCUT2D eigenvalue weighted by Gasteiger charge is -2.19. The zero-order valence-corrected chi connectivity index (χ0v) is 8.91. The van der Waals surface area contributed by atoms with Crippen molar-refractivity contribution >= 4 is 11.9 Å². The van der Waals surface area contributed by atoms with Crippen LogP contribution >= 0.6 is 0 Å². The zero-order chi connectivity index (χ0) is 11.8. The number of pyridine rings is 1. The van der Waals surface area contributed by atoms with Crippen molar-refractivity contribution in [1.29, 1.82) is 0 Å². The van der Waals surface area contributed by atoms with Crippen molar-refractivity contribution in [3.05, 3.63) is 29.8 Å². The van der Waals surface area contributed by atoms with E-state index in [1.165, 1.54) is 12.1 Å². The van der Waals surface area contributed by atoms with Gasteiger partial charge in [0, 0.05) is 7.05 Å². The number of amides is 1. The molecule has 0 aliphatic carbocycles. The number of aromatic nitrogens is 1. The number of nitrogens with one attached hydrogen (secondary N) is 2. The molecule has 1 amide bonds. The number of aliphatic imine (C=N–C) groups is 1. The SMILES string of the molecule is CN=C1NC(=O)C(C)(c2ccc(F)cn2)N1. The first-order valence-corrected chi connectivity index (χ1v) is 4.75. The van der Waals surface area contributed by atoms with E-state index in [1.807, 2.05) is 0 Å². The molecule has 1 atom stereocenters. The fraction of sp³-hybridized carbons (Fsp3) is 0.300. The third-order valence-electron chi connectivity index (χ3n) is 2.52. The highest BCUT2D eigenvalue weighted by Gasteiger charge is 2.43. The maximum atomic E-state index is 12.7. The van der Waals surface area contributed by atoms with Gasteiger partial charge in [0.2, 0.25) is 0 Å². The molecule has 0 spiro atoms. The van der Waals surface area contributed by atoms with Gasteiger partial charge < -0.3 is 5.32 Å². The number of nitrogens with zero attached hydrogens (tertiary/aromatic N) is 2. The molecule has 1 saturated heterocycles. The Balaban J connectivity index is 2.39. The molecule has 1 aromatic rings. The summed E-state index contributed by atoms with van der Waals surface area (Å²) in [5.41, 5.74) is -0.548. The number of carbonyl (C=O) groups excluding carboxylic acids is 1. The fourth-order valence-corrected chi connectivity index (χ4v) is 1.52. The molecule has 2 rings (SSSR count). The van der Waals surface area contributed by atoms with Gasteiger partial charge in [-0.15, -0.1) is 0 Å². The van der Waals surface area contributed by atoms with Gasteiger partial charge in [-0.3, -0.25) is 20.1 Å². The predicted octanol–water partition coefficient (Wildman–Crippen LogP) is 0.141. The Morgan fingerprint density at radius 3 is 2.75 bits per heavy atom. The highest BCUT2D eigenvalue weighted by molar-refractivity contribution is 6.08. The summed E-state index contributed by atoms with van der Waals surface area (Å²) in [5, 5.41) is 5.48. The lowest BCUT2D eigenvalue weighted by Crippen LogP contribution is -2.41. The molecule has 1 aliphatic rings. The second kappa shape index (κ2) is 3.55. The molecule has 1 aliphatic heterocycles. The summed E-state index contributed by atoms with van der Waals surface area (Å²) >= 11 is 0. The standard InChI is InChI=1S/C10H11FN4O/c1-10(7-4-3-6(11)5-13-7)8(16)14-9(12-2)15-10/h3-5H,1-2H3,(H2,12,14,15,16). The van der Waals surface area contributed by atoms with E-state index in [9.17, 15) is 9.18 Å². The zero-order valence-electron chi connectivity index (χ0n) is 8.91. The Morgan fingerprint density at radius 1 is 1.50 bits per heavy atom. The third kappa shape index (κ3) is 1.52. The van der Waals surface area contributed by atoms with Crippen molar-refractivity contribution in [2.75, 3.05) is 7.05 Å². The van der Waals surface area contributed by atoms with Crippen LogP contribution in [0.5, 0.6) is 0 Å². The molecule has 1 fully saturated rings. The summed E-state index contributed by atoms with van der Waals surface area (Å²) in [5.74, 6) is -0.305. The van der Waals surface area contributed by atoms with Crippen molar-refractivity contribution < 1.29 is 9.18 Å². The Morgan fingerprint density at radius 2 is 2.25 bits per heavy atom. The van der Waals surface area contributed by atoms with Gasteiger partial charge >= 0.3 is 0 Å². The van der Waals surface area contributed by atoms with Crippen LogP contribution in [0.4, 0.5) is 4.39 Å². The van der Waals surface area contributed by atoms with Crippen LogP contribution in [-0.4, -0.2) is 23.9 Å². The molecule has 16 heavy (non-hydrogen) atoms. The van der Waals surface area contributed by atoms with E-state index in [0.29, 0.717) is 11.7 Å². The van der Waals surface area contributed by atoms with Crippen LogP contribution in [0.2, 0.25) is 0 Å². The fourth-order valence-electron chi connectivity index (χ4n) is 1.52. The minimum Gasteiger partial charge on any atom is -0.337 e. The molecule has 1 aromatic heterocycles. The van der Waals surface area contributed by atoms with Crippen molar-refractivity contribution in [3.63, 3.8) is 0 Å². The largest absolute Gasteiger partial charge is 0.337 e. The first kappa shape index (κ1) is 10.5. The summed E-state index contributed by atoms with van der Waals surface area (Å²) < 4.78 is 12.7. The van der Waals surface area contributed by atoms with Gasteiger partial charge in [0.05, 0.1) is 11.9 Å². The van der Waals surface area contributed by atoms with Gasteiger partial charge in [0.15, 0.2) is 11.5 Å². The summed E-state index contributed by atoms with van der Waals surface area (Å²) in [6, 6.07) is 2.74. The number of rotatable bonds is 1. The van der Waals surface area contributed by atoms with E-state index in [1.54, 1.807) is 14.0 Å². The molecular formula is C10H11FN4O. The van der Waals surface area contributed by atoms with Crippen LogP contribution in [0.25, 0.3) is 0 Å². The minimum atomic E-state index is -0.997. The molecule has 0 aromatic carbocycles. The average Bonchev–Trinajstić information content (AvgIpc) is 2.57. The Hall–Kier alpha value is -1.98. The van der Waals surface area contributed by atoms with E-state index in [4.69, 9.17) is 0 Å². The lowest BCUT2D eigenvalue weighted by atomic mass is 9.98. The topological polar surface area (TPSA) is 66.4 Å². The van der Waals surface area contributed by atoms with Gasteiger partial charge in [-0.05, 0) is 19.1 Å². The summed E-state index contributed by atoms with van der Waals surface area (Å²) in [7, 11) is 1.56. The smallest absolute Gasteiger partial charge is 0.258 e. The van der Waals surface area contributed by atoms with Crippen LogP contribution in [0, 0.1) is 5.82 Å². The summed E-state index contributed by atoms with van der Waals surface area (Å²) in [6.07, 6.45) is 1.08. The van der Waals surface area contributed by atoms with E-state index in [2.05, 4.69) is 20.6 Å². The number of hydrogen-bond acceptors (Lipinski definition) is 3. The number of halogens is 1. The highest BCUT2D eigenvalue weighted by Crippen LogP contribution is 2.22. The van der Waals surface area contributed by atoms with Crippen LogP contribution < -0.4 is 10.6 Å². The van der Waals surface area contributed by atoms with Crippen molar-refractivity contribution in [2.24, 2.45) is 4.99 Å². The van der Waals surface area contributed by atoms with Crippen molar-refractivity contribution in [2.45, 2.75) is 12.5 Å². The third-order valence-corrected chi connectivity index (χ3v) is 2.52. The molecule has 2 N–H and O–H groups in total.